The monoisotopic (exact) mass is 558 g/mol. The molecule has 1 aromatic heterocycles. The molecule has 9 rings (SSSR count). The van der Waals surface area contributed by atoms with Crippen molar-refractivity contribution in [2.45, 2.75) is 63.5 Å². The summed E-state index contributed by atoms with van der Waals surface area (Å²) < 4.78 is 12.4. The number of esters is 1. The molecule has 4 saturated carbocycles. The smallest absolute Gasteiger partial charge is 0.312 e. The predicted molar refractivity (Wildman–Crippen MR) is 154 cm³/mol. The number of hydrogen-bond donors (Lipinski definition) is 0. The lowest BCUT2D eigenvalue weighted by Gasteiger charge is -2.56. The third-order valence-corrected chi connectivity index (χ3v) is 10.5. The van der Waals surface area contributed by atoms with E-state index in [9.17, 15) is 4.79 Å². The zero-order chi connectivity index (χ0) is 24.4. The van der Waals surface area contributed by atoms with Crippen molar-refractivity contribution in [1.82, 2.24) is 9.88 Å². The maximum Gasteiger partial charge on any atom is 0.312 e. The van der Waals surface area contributed by atoms with Crippen molar-refractivity contribution >= 4 is 41.7 Å². The van der Waals surface area contributed by atoms with E-state index in [0.717, 1.165) is 78.7 Å². The first kappa shape index (κ1) is 27.7. The highest BCUT2D eigenvalue weighted by Crippen LogP contribution is 2.61. The van der Waals surface area contributed by atoms with E-state index < -0.39 is 0 Å². The largest absolute Gasteiger partial charge is 0.497 e. The van der Waals surface area contributed by atoms with Gasteiger partial charge in [0.2, 0.25) is 0 Å². The molecule has 5 unspecified atom stereocenters. The van der Waals surface area contributed by atoms with Gasteiger partial charge in [0.05, 0.1) is 24.1 Å². The van der Waals surface area contributed by atoms with E-state index in [2.05, 4.69) is 34.7 Å². The van der Waals surface area contributed by atoms with Crippen LogP contribution in [0.15, 0.2) is 43.1 Å². The van der Waals surface area contributed by atoms with Gasteiger partial charge in [-0.05, 0) is 112 Å². The third kappa shape index (κ3) is 4.53. The summed E-state index contributed by atoms with van der Waals surface area (Å²) in [6.07, 6.45) is 13.0. The van der Waals surface area contributed by atoms with Crippen LogP contribution in [0, 0.1) is 35.0 Å². The summed E-state index contributed by atoms with van der Waals surface area (Å²) in [6, 6.07) is 8.29. The van der Waals surface area contributed by atoms with Crippen LogP contribution in [0.1, 0.15) is 63.0 Å². The normalized spacial score (nSPS) is 37.1. The molecule has 2 aromatic rings. The van der Waals surface area contributed by atoms with Crippen LogP contribution >= 0.6 is 24.8 Å². The van der Waals surface area contributed by atoms with Gasteiger partial charge in [-0.1, -0.05) is 6.08 Å². The van der Waals surface area contributed by atoms with E-state index in [1.807, 2.05) is 18.3 Å². The Balaban J connectivity index is 0.00000147. The average molecular weight is 560 g/mol. The highest BCUT2D eigenvalue weighted by atomic mass is 35.5. The van der Waals surface area contributed by atoms with Gasteiger partial charge in [0.25, 0.3) is 0 Å². The standard InChI is InChI=1S/C31H38N2O3.2ClH/c1-3-22-18-33-9-7-23(22)13-28(33)29(25-6-8-32-27-5-4-24(35-2)14-26(25)27)36-30(34)31-15-19-10-20(16-31)12-21(11-19)17-31;;/h3-6,8,14,19-23,28-29H,1,7,9-13,15-18H2,2H3;2*1H. The number of ether oxygens (including phenoxy) is 2. The lowest BCUT2D eigenvalue weighted by atomic mass is 9.49. The summed E-state index contributed by atoms with van der Waals surface area (Å²) in [7, 11) is 1.70. The first-order valence-corrected chi connectivity index (χ1v) is 14.1. The second kappa shape index (κ2) is 10.6. The van der Waals surface area contributed by atoms with E-state index in [0.29, 0.717) is 11.8 Å². The summed E-state index contributed by atoms with van der Waals surface area (Å²) in [4.78, 5) is 21.4. The molecule has 5 atom stereocenters. The molecule has 6 bridgehead atoms. The number of halogens is 2. The Kier molecular flexibility index (Phi) is 7.76. The van der Waals surface area contributed by atoms with Crippen LogP contribution in [0.4, 0.5) is 0 Å². The zero-order valence-corrected chi connectivity index (χ0v) is 23.9. The Labute approximate surface area is 238 Å². The Morgan fingerprint density at radius 3 is 2.42 bits per heavy atom. The molecule has 0 amide bonds. The van der Waals surface area contributed by atoms with Crippen molar-refractivity contribution in [2.75, 3.05) is 20.2 Å². The predicted octanol–water partition coefficient (Wildman–Crippen LogP) is 6.78. The maximum atomic E-state index is 14.2. The number of nitrogens with zero attached hydrogens (tertiary/aromatic N) is 2. The molecule has 0 spiro atoms. The van der Waals surface area contributed by atoms with Crippen molar-refractivity contribution < 1.29 is 14.3 Å². The number of pyridine rings is 1. The van der Waals surface area contributed by atoms with E-state index in [-0.39, 0.29) is 48.3 Å². The molecule has 3 saturated heterocycles. The van der Waals surface area contributed by atoms with E-state index in [1.165, 1.54) is 25.7 Å². The number of piperidine rings is 3. The van der Waals surface area contributed by atoms with Gasteiger partial charge in [-0.3, -0.25) is 14.7 Å². The quantitative estimate of drug-likeness (QED) is 0.288. The van der Waals surface area contributed by atoms with Crippen LogP contribution in [0.3, 0.4) is 0 Å². The molecule has 4 aliphatic carbocycles. The summed E-state index contributed by atoms with van der Waals surface area (Å²) in [5.74, 6) is 4.18. The minimum Gasteiger partial charge on any atom is -0.497 e. The van der Waals surface area contributed by atoms with Gasteiger partial charge >= 0.3 is 5.97 Å². The SMILES string of the molecule is C=CC1CN2CCC1CC2C(OC(=O)C12CC3CC(CC(C3)C1)C2)c1ccnc2ccc(OC)cc12.Cl.Cl. The van der Waals surface area contributed by atoms with E-state index in [1.54, 1.807) is 7.11 Å². The molecule has 7 fully saturated rings. The highest BCUT2D eigenvalue weighted by molar-refractivity contribution is 5.86. The minimum atomic E-state index is -0.295. The summed E-state index contributed by atoms with van der Waals surface area (Å²) >= 11 is 0. The first-order valence-electron chi connectivity index (χ1n) is 14.1. The zero-order valence-electron chi connectivity index (χ0n) is 22.2. The van der Waals surface area contributed by atoms with Crippen LogP contribution in [0.25, 0.3) is 10.9 Å². The Bertz CT molecular complexity index is 1170. The Hall–Kier alpha value is -1.82. The number of methoxy groups -OCH3 is 1. The van der Waals surface area contributed by atoms with E-state index >= 15 is 0 Å². The molecular formula is C31H40Cl2N2O3. The fraction of sp³-hybridized carbons (Fsp3) is 0.613. The van der Waals surface area contributed by atoms with Gasteiger partial charge in [0.15, 0.2) is 0 Å². The van der Waals surface area contributed by atoms with Gasteiger partial charge in [-0.25, -0.2) is 0 Å². The van der Waals surface area contributed by atoms with Crippen LogP contribution in [0.5, 0.6) is 5.75 Å². The van der Waals surface area contributed by atoms with Gasteiger partial charge in [0, 0.05) is 23.7 Å². The second-order valence-corrected chi connectivity index (χ2v) is 12.6. The third-order valence-electron chi connectivity index (χ3n) is 10.5. The van der Waals surface area contributed by atoms with Crippen LogP contribution in [0.2, 0.25) is 0 Å². The number of carbonyl (C=O) groups excluding carboxylic acids is 1. The second-order valence-electron chi connectivity index (χ2n) is 12.6. The molecule has 3 aliphatic heterocycles. The average Bonchev–Trinajstić information content (AvgIpc) is 2.90. The van der Waals surface area contributed by atoms with Crippen molar-refractivity contribution in [1.29, 1.82) is 0 Å². The van der Waals surface area contributed by atoms with Crippen LogP contribution in [-0.2, 0) is 9.53 Å². The molecule has 7 heteroatoms. The van der Waals surface area contributed by atoms with Gasteiger partial charge < -0.3 is 9.47 Å². The van der Waals surface area contributed by atoms with Crippen LogP contribution in [-0.4, -0.2) is 42.1 Å². The molecule has 5 nitrogen and oxygen atoms in total. The molecule has 38 heavy (non-hydrogen) atoms. The molecule has 1 aromatic carbocycles. The fourth-order valence-electron chi connectivity index (χ4n) is 9.16. The molecular weight excluding hydrogens is 519 g/mol. The van der Waals surface area contributed by atoms with Crippen LogP contribution < -0.4 is 4.74 Å². The lowest BCUT2D eigenvalue weighted by molar-refractivity contribution is -0.184. The van der Waals surface area contributed by atoms with Crippen molar-refractivity contribution in [3.8, 4) is 5.75 Å². The Morgan fingerprint density at radius 1 is 1.11 bits per heavy atom. The molecule has 206 valence electrons. The number of fused-ring (bicyclic) bond motifs is 4. The number of benzene rings is 1. The fourth-order valence-corrected chi connectivity index (χ4v) is 9.16. The van der Waals surface area contributed by atoms with Gasteiger partial charge in [-0.2, -0.15) is 0 Å². The van der Waals surface area contributed by atoms with Crippen molar-refractivity contribution in [2.24, 2.45) is 35.0 Å². The summed E-state index contributed by atoms with van der Waals surface area (Å²) in [5, 5.41) is 1.03. The summed E-state index contributed by atoms with van der Waals surface area (Å²) in [6.45, 7) is 6.19. The van der Waals surface area contributed by atoms with Crippen molar-refractivity contribution in [3.63, 3.8) is 0 Å². The van der Waals surface area contributed by atoms with Gasteiger partial charge in [0.1, 0.15) is 11.9 Å². The number of hydrogen-bond acceptors (Lipinski definition) is 5. The molecule has 4 heterocycles. The Morgan fingerprint density at radius 2 is 1.82 bits per heavy atom. The topological polar surface area (TPSA) is 51.7 Å². The first-order chi connectivity index (χ1) is 17.5. The molecule has 7 aliphatic rings. The lowest BCUT2D eigenvalue weighted by Crippen LogP contribution is -2.56. The molecule has 0 N–H and O–H groups in total. The maximum absolute atomic E-state index is 14.2. The molecule has 0 radical (unpaired) electrons. The number of carbonyl (C=O) groups is 1. The van der Waals surface area contributed by atoms with Gasteiger partial charge in [-0.15, -0.1) is 31.4 Å². The van der Waals surface area contributed by atoms with Crippen molar-refractivity contribution in [3.05, 3.63) is 48.7 Å². The summed E-state index contributed by atoms with van der Waals surface area (Å²) in [5.41, 5.74) is 1.73. The number of aromatic nitrogens is 1. The number of rotatable bonds is 6. The highest BCUT2D eigenvalue weighted by Gasteiger charge is 2.56. The minimum absolute atomic E-state index is 0. The van der Waals surface area contributed by atoms with E-state index in [4.69, 9.17) is 9.47 Å².